The lowest BCUT2D eigenvalue weighted by Gasteiger charge is -2.40. The molecule has 0 aromatic heterocycles. The molecule has 0 aliphatic heterocycles. The van der Waals surface area contributed by atoms with Gasteiger partial charge in [0.1, 0.15) is 0 Å². The molecular weight excluding hydrogens is 242 g/mol. The fourth-order valence-electron chi connectivity index (χ4n) is 3.50. The van der Waals surface area contributed by atoms with Crippen molar-refractivity contribution >= 4 is 0 Å². The molecule has 0 N–H and O–H groups in total. The first-order chi connectivity index (χ1) is 9.85. The number of rotatable bonds is 2. The maximum absolute atomic E-state index is 9.15. The predicted octanol–water partition coefficient (Wildman–Crippen LogP) is 4.69. The molecule has 0 bridgehead atoms. The van der Waals surface area contributed by atoms with Gasteiger partial charge in [-0.1, -0.05) is 60.7 Å². The Bertz CT molecular complexity index is 545. The van der Waals surface area contributed by atoms with E-state index in [2.05, 4.69) is 66.7 Å². The van der Waals surface area contributed by atoms with Gasteiger partial charge in [-0.2, -0.15) is 5.26 Å². The Kier molecular flexibility index (Phi) is 3.56. The molecule has 1 heteroatoms. The zero-order valence-electron chi connectivity index (χ0n) is 11.6. The molecule has 0 spiro atoms. The molecule has 3 rings (SSSR count). The smallest absolute Gasteiger partial charge is 0.0655 e. The van der Waals surface area contributed by atoms with Gasteiger partial charge in [-0.05, 0) is 36.8 Å². The molecule has 1 aliphatic rings. The van der Waals surface area contributed by atoms with Crippen molar-refractivity contribution in [3.8, 4) is 6.07 Å². The fraction of sp³-hybridized carbons (Fsp3) is 0.316. The van der Waals surface area contributed by atoms with Crippen LogP contribution in [0.3, 0.4) is 0 Å². The third kappa shape index (κ3) is 2.23. The summed E-state index contributed by atoms with van der Waals surface area (Å²) in [5, 5.41) is 9.15. The number of nitriles is 1. The molecule has 20 heavy (non-hydrogen) atoms. The standard InChI is InChI=1S/C19H19N/c20-15-16-11-13-19(14-12-16,17-7-3-1-4-8-17)18-9-5-2-6-10-18/h1-10,16H,11-14H2. The van der Waals surface area contributed by atoms with E-state index < -0.39 is 0 Å². The van der Waals surface area contributed by atoms with Gasteiger partial charge in [0.15, 0.2) is 0 Å². The van der Waals surface area contributed by atoms with Gasteiger partial charge in [0.2, 0.25) is 0 Å². The molecule has 2 aromatic rings. The Labute approximate surface area is 120 Å². The third-order valence-electron chi connectivity index (χ3n) is 4.67. The van der Waals surface area contributed by atoms with E-state index in [0.29, 0.717) is 0 Å². The zero-order chi connectivity index (χ0) is 13.8. The molecule has 1 aliphatic carbocycles. The average Bonchev–Trinajstić information content (AvgIpc) is 2.56. The van der Waals surface area contributed by atoms with E-state index in [1.807, 2.05) is 0 Å². The predicted molar refractivity (Wildman–Crippen MR) is 81.2 cm³/mol. The first kappa shape index (κ1) is 12.9. The first-order valence-corrected chi connectivity index (χ1v) is 7.36. The Morgan fingerprint density at radius 2 is 1.25 bits per heavy atom. The molecule has 0 amide bonds. The molecule has 100 valence electrons. The average molecular weight is 261 g/mol. The fourth-order valence-corrected chi connectivity index (χ4v) is 3.50. The number of hydrogen-bond acceptors (Lipinski definition) is 1. The lowest BCUT2D eigenvalue weighted by Crippen LogP contribution is -2.32. The SMILES string of the molecule is N#CC1CCC(c2ccccc2)(c2ccccc2)CC1. The monoisotopic (exact) mass is 261 g/mol. The van der Waals surface area contributed by atoms with Crippen LogP contribution in [0.5, 0.6) is 0 Å². The first-order valence-electron chi connectivity index (χ1n) is 7.36. The summed E-state index contributed by atoms with van der Waals surface area (Å²) in [6.07, 6.45) is 4.14. The topological polar surface area (TPSA) is 23.8 Å². The summed E-state index contributed by atoms with van der Waals surface area (Å²) in [6.45, 7) is 0. The van der Waals surface area contributed by atoms with E-state index in [1.165, 1.54) is 11.1 Å². The van der Waals surface area contributed by atoms with Crippen LogP contribution in [-0.2, 0) is 5.41 Å². The second-order valence-electron chi connectivity index (χ2n) is 5.72. The van der Waals surface area contributed by atoms with Gasteiger partial charge in [0.25, 0.3) is 0 Å². The highest BCUT2D eigenvalue weighted by Gasteiger charge is 2.38. The van der Waals surface area contributed by atoms with Gasteiger partial charge in [-0.3, -0.25) is 0 Å². The summed E-state index contributed by atoms with van der Waals surface area (Å²) >= 11 is 0. The van der Waals surface area contributed by atoms with Gasteiger partial charge in [-0.15, -0.1) is 0 Å². The lowest BCUT2D eigenvalue weighted by molar-refractivity contribution is 0.304. The molecule has 0 radical (unpaired) electrons. The summed E-state index contributed by atoms with van der Waals surface area (Å²) < 4.78 is 0. The molecule has 1 fully saturated rings. The van der Waals surface area contributed by atoms with E-state index >= 15 is 0 Å². The van der Waals surface area contributed by atoms with Crippen molar-refractivity contribution in [3.05, 3.63) is 71.8 Å². The van der Waals surface area contributed by atoms with Gasteiger partial charge in [0.05, 0.1) is 6.07 Å². The van der Waals surface area contributed by atoms with E-state index in [4.69, 9.17) is 5.26 Å². The highest BCUT2D eigenvalue weighted by atomic mass is 14.4. The summed E-state index contributed by atoms with van der Waals surface area (Å²) in [5.74, 6) is 0.232. The van der Waals surface area contributed by atoms with Crippen LogP contribution < -0.4 is 0 Å². The van der Waals surface area contributed by atoms with E-state index in [-0.39, 0.29) is 11.3 Å². The Morgan fingerprint density at radius 1 is 0.800 bits per heavy atom. The molecule has 0 saturated heterocycles. The minimum atomic E-state index is 0.0931. The van der Waals surface area contributed by atoms with Crippen molar-refractivity contribution in [1.82, 2.24) is 0 Å². The summed E-state index contributed by atoms with van der Waals surface area (Å²) in [4.78, 5) is 0. The number of nitrogens with zero attached hydrogens (tertiary/aromatic N) is 1. The maximum atomic E-state index is 9.15. The maximum Gasteiger partial charge on any atom is 0.0655 e. The van der Waals surface area contributed by atoms with E-state index in [9.17, 15) is 0 Å². The van der Waals surface area contributed by atoms with Crippen molar-refractivity contribution in [1.29, 1.82) is 5.26 Å². The van der Waals surface area contributed by atoms with Crippen LogP contribution in [0.25, 0.3) is 0 Å². The minimum absolute atomic E-state index is 0.0931. The van der Waals surface area contributed by atoms with Crippen molar-refractivity contribution in [2.45, 2.75) is 31.1 Å². The second kappa shape index (κ2) is 5.51. The zero-order valence-corrected chi connectivity index (χ0v) is 11.6. The van der Waals surface area contributed by atoms with Gasteiger partial charge < -0.3 is 0 Å². The van der Waals surface area contributed by atoms with E-state index in [0.717, 1.165) is 25.7 Å². The van der Waals surface area contributed by atoms with Crippen molar-refractivity contribution in [3.63, 3.8) is 0 Å². The van der Waals surface area contributed by atoms with Crippen LogP contribution in [0.15, 0.2) is 60.7 Å². The van der Waals surface area contributed by atoms with Crippen molar-refractivity contribution in [2.75, 3.05) is 0 Å². The normalized spacial score (nSPS) is 18.4. The van der Waals surface area contributed by atoms with Crippen molar-refractivity contribution in [2.24, 2.45) is 5.92 Å². The summed E-state index contributed by atoms with van der Waals surface area (Å²) in [6, 6.07) is 24.0. The van der Waals surface area contributed by atoms with Gasteiger partial charge in [0, 0.05) is 11.3 Å². The number of hydrogen-bond donors (Lipinski definition) is 0. The lowest BCUT2D eigenvalue weighted by atomic mass is 9.63. The molecule has 1 saturated carbocycles. The van der Waals surface area contributed by atoms with E-state index in [1.54, 1.807) is 0 Å². The van der Waals surface area contributed by atoms with Crippen LogP contribution in [0.4, 0.5) is 0 Å². The Morgan fingerprint density at radius 3 is 1.65 bits per heavy atom. The molecule has 0 unspecified atom stereocenters. The summed E-state index contributed by atoms with van der Waals surface area (Å²) in [5.41, 5.74) is 2.88. The van der Waals surface area contributed by atoms with Crippen LogP contribution >= 0.6 is 0 Å². The van der Waals surface area contributed by atoms with Crippen LogP contribution in [0.1, 0.15) is 36.8 Å². The third-order valence-corrected chi connectivity index (χ3v) is 4.67. The minimum Gasteiger partial charge on any atom is -0.198 e. The van der Waals surface area contributed by atoms with Gasteiger partial charge >= 0.3 is 0 Å². The van der Waals surface area contributed by atoms with Crippen LogP contribution in [0.2, 0.25) is 0 Å². The molecule has 1 nitrogen and oxygen atoms in total. The molecule has 2 aromatic carbocycles. The quantitative estimate of drug-likeness (QED) is 0.769. The molecule has 0 heterocycles. The largest absolute Gasteiger partial charge is 0.198 e. The molecular formula is C19H19N. The second-order valence-corrected chi connectivity index (χ2v) is 5.72. The Hall–Kier alpha value is -2.07. The molecule has 0 atom stereocenters. The summed E-state index contributed by atoms with van der Waals surface area (Å²) in [7, 11) is 0. The van der Waals surface area contributed by atoms with Crippen LogP contribution in [0, 0.1) is 17.2 Å². The highest BCUT2D eigenvalue weighted by molar-refractivity contribution is 5.40. The highest BCUT2D eigenvalue weighted by Crippen LogP contribution is 2.46. The van der Waals surface area contributed by atoms with Crippen molar-refractivity contribution < 1.29 is 0 Å². The number of benzene rings is 2. The van der Waals surface area contributed by atoms with Crippen LogP contribution in [-0.4, -0.2) is 0 Å². The Balaban J connectivity index is 2.04. The van der Waals surface area contributed by atoms with Gasteiger partial charge in [-0.25, -0.2) is 0 Å².